The lowest BCUT2D eigenvalue weighted by Crippen LogP contribution is -2.34. The molecule has 0 heterocycles. The van der Waals surface area contributed by atoms with Crippen molar-refractivity contribution in [1.82, 2.24) is 4.90 Å². The maximum Gasteiger partial charge on any atom is 0.227 e. The molecule has 0 aliphatic rings. The predicted octanol–water partition coefficient (Wildman–Crippen LogP) is 2.53. The highest BCUT2D eigenvalue weighted by atomic mass is 16.3. The number of carbonyl (C=O) groups excluding carboxylic acids is 2. The van der Waals surface area contributed by atoms with E-state index in [4.69, 9.17) is 0 Å². The minimum atomic E-state index is -0.446. The highest BCUT2D eigenvalue weighted by molar-refractivity contribution is 5.96. The van der Waals surface area contributed by atoms with Gasteiger partial charge in [-0.15, -0.1) is 0 Å². The van der Waals surface area contributed by atoms with E-state index in [2.05, 4.69) is 5.32 Å². The zero-order chi connectivity index (χ0) is 16.0. The summed E-state index contributed by atoms with van der Waals surface area (Å²) in [5, 5.41) is 12.4. The van der Waals surface area contributed by atoms with Crippen LogP contribution in [0.5, 0.6) is 5.75 Å². The molecule has 0 aliphatic carbocycles. The molecular weight excluding hydrogens is 268 g/mol. The van der Waals surface area contributed by atoms with Crippen molar-refractivity contribution in [3.05, 3.63) is 23.8 Å². The molecule has 1 atom stereocenters. The van der Waals surface area contributed by atoms with Crippen molar-refractivity contribution in [1.29, 1.82) is 0 Å². The second-order valence-corrected chi connectivity index (χ2v) is 5.18. The van der Waals surface area contributed by atoms with Gasteiger partial charge in [0.05, 0.1) is 5.69 Å². The number of phenols is 1. The molecule has 1 aromatic carbocycles. The molecule has 21 heavy (non-hydrogen) atoms. The second kappa shape index (κ2) is 7.67. The van der Waals surface area contributed by atoms with Crippen molar-refractivity contribution in [2.75, 3.05) is 18.4 Å². The number of hydrogen-bond acceptors (Lipinski definition) is 3. The fourth-order valence-electron chi connectivity index (χ4n) is 2.07. The third-order valence-corrected chi connectivity index (χ3v) is 3.45. The molecule has 0 saturated heterocycles. The van der Waals surface area contributed by atoms with Gasteiger partial charge >= 0.3 is 0 Å². The first-order chi connectivity index (χ1) is 9.88. The van der Waals surface area contributed by atoms with Crippen LogP contribution < -0.4 is 5.32 Å². The summed E-state index contributed by atoms with van der Waals surface area (Å²) in [5.74, 6) is -0.721. The molecule has 0 bridgehead atoms. The van der Waals surface area contributed by atoms with E-state index in [0.29, 0.717) is 18.8 Å². The van der Waals surface area contributed by atoms with Crippen LogP contribution in [-0.2, 0) is 9.59 Å². The quantitative estimate of drug-likeness (QED) is 0.792. The van der Waals surface area contributed by atoms with E-state index in [1.54, 1.807) is 24.0 Å². The monoisotopic (exact) mass is 292 g/mol. The normalized spacial score (nSPS) is 11.8. The van der Waals surface area contributed by atoms with Crippen LogP contribution in [-0.4, -0.2) is 34.9 Å². The molecule has 0 saturated carbocycles. The van der Waals surface area contributed by atoms with Crippen LogP contribution in [0.2, 0.25) is 0 Å². The number of phenolic OH excluding ortho intramolecular Hbond substituents is 1. The number of rotatable bonds is 6. The summed E-state index contributed by atoms with van der Waals surface area (Å²) in [6, 6.07) is 5.00. The van der Waals surface area contributed by atoms with Crippen molar-refractivity contribution in [2.24, 2.45) is 5.92 Å². The maximum absolute atomic E-state index is 12.1. The molecule has 1 rings (SSSR count). The Morgan fingerprint density at radius 2 is 1.90 bits per heavy atom. The molecular formula is C16H24N2O3. The summed E-state index contributed by atoms with van der Waals surface area (Å²) < 4.78 is 0. The van der Waals surface area contributed by atoms with Gasteiger partial charge in [-0.3, -0.25) is 9.59 Å². The summed E-state index contributed by atoms with van der Waals surface area (Å²) in [4.78, 5) is 25.8. The van der Waals surface area contributed by atoms with Crippen LogP contribution in [0, 0.1) is 12.8 Å². The minimum absolute atomic E-state index is 0.0243. The first kappa shape index (κ1) is 17.0. The second-order valence-electron chi connectivity index (χ2n) is 5.18. The fourth-order valence-corrected chi connectivity index (χ4v) is 2.07. The van der Waals surface area contributed by atoms with Gasteiger partial charge in [-0.1, -0.05) is 13.0 Å². The lowest BCUT2D eigenvalue weighted by atomic mass is 10.1. The zero-order valence-corrected chi connectivity index (χ0v) is 13.1. The number of amides is 2. The van der Waals surface area contributed by atoms with Crippen molar-refractivity contribution in [3.8, 4) is 5.75 Å². The van der Waals surface area contributed by atoms with Gasteiger partial charge in [-0.05, 0) is 38.5 Å². The summed E-state index contributed by atoms with van der Waals surface area (Å²) in [6.07, 6.45) is 0.167. The number of hydrogen-bond donors (Lipinski definition) is 2. The maximum atomic E-state index is 12.1. The third kappa shape index (κ3) is 4.77. The van der Waals surface area contributed by atoms with Gasteiger partial charge in [0.25, 0.3) is 0 Å². The van der Waals surface area contributed by atoms with Gasteiger partial charge in [0, 0.05) is 25.4 Å². The van der Waals surface area contributed by atoms with Gasteiger partial charge in [-0.25, -0.2) is 0 Å². The summed E-state index contributed by atoms with van der Waals surface area (Å²) in [5.41, 5.74) is 1.32. The van der Waals surface area contributed by atoms with Gasteiger partial charge in [0.1, 0.15) is 5.75 Å². The number of aromatic hydroxyl groups is 1. The predicted molar refractivity (Wildman–Crippen MR) is 83.2 cm³/mol. The average molecular weight is 292 g/mol. The molecule has 0 aromatic heterocycles. The van der Waals surface area contributed by atoms with Crippen molar-refractivity contribution >= 4 is 17.5 Å². The van der Waals surface area contributed by atoms with Crippen LogP contribution in [0.1, 0.15) is 32.8 Å². The largest absolute Gasteiger partial charge is 0.506 e. The molecule has 5 heteroatoms. The Labute approximate surface area is 126 Å². The number of benzene rings is 1. The molecule has 0 aliphatic heterocycles. The van der Waals surface area contributed by atoms with E-state index in [1.807, 2.05) is 20.8 Å². The summed E-state index contributed by atoms with van der Waals surface area (Å²) >= 11 is 0. The van der Waals surface area contributed by atoms with Gasteiger partial charge in [0.2, 0.25) is 11.8 Å². The smallest absolute Gasteiger partial charge is 0.227 e. The molecule has 5 nitrogen and oxygen atoms in total. The van der Waals surface area contributed by atoms with E-state index >= 15 is 0 Å². The number of carbonyl (C=O) groups is 2. The van der Waals surface area contributed by atoms with Crippen LogP contribution in [0.25, 0.3) is 0 Å². The number of aryl methyl sites for hydroxylation is 1. The first-order valence-electron chi connectivity index (χ1n) is 7.27. The van der Waals surface area contributed by atoms with E-state index in [0.717, 1.165) is 5.56 Å². The SMILES string of the molecule is CCN(CC)C(=O)CC(C)C(=O)Nc1cc(C)ccc1O. The van der Waals surface area contributed by atoms with Crippen molar-refractivity contribution in [3.63, 3.8) is 0 Å². The van der Waals surface area contributed by atoms with Crippen LogP contribution in [0.4, 0.5) is 5.69 Å². The van der Waals surface area contributed by atoms with Crippen molar-refractivity contribution in [2.45, 2.75) is 34.1 Å². The highest BCUT2D eigenvalue weighted by Gasteiger charge is 2.20. The Bertz CT molecular complexity index is 510. The highest BCUT2D eigenvalue weighted by Crippen LogP contribution is 2.24. The first-order valence-corrected chi connectivity index (χ1v) is 7.27. The molecule has 0 fully saturated rings. The van der Waals surface area contributed by atoms with Gasteiger partial charge in [-0.2, -0.15) is 0 Å². The molecule has 1 unspecified atom stereocenters. The topological polar surface area (TPSA) is 69.6 Å². The van der Waals surface area contributed by atoms with Crippen LogP contribution >= 0.6 is 0 Å². The van der Waals surface area contributed by atoms with E-state index in [-0.39, 0.29) is 24.0 Å². The number of nitrogens with zero attached hydrogens (tertiary/aromatic N) is 1. The standard InChI is InChI=1S/C16H24N2O3/c1-5-18(6-2)15(20)10-12(4)16(21)17-13-9-11(3)7-8-14(13)19/h7-9,12,19H,5-6,10H2,1-4H3,(H,17,21). The molecule has 116 valence electrons. The van der Waals surface area contributed by atoms with Crippen LogP contribution in [0.3, 0.4) is 0 Å². The Hall–Kier alpha value is -2.04. The van der Waals surface area contributed by atoms with Crippen LogP contribution in [0.15, 0.2) is 18.2 Å². The minimum Gasteiger partial charge on any atom is -0.506 e. The molecule has 0 radical (unpaired) electrons. The number of nitrogens with one attached hydrogen (secondary N) is 1. The number of anilines is 1. The molecule has 2 N–H and O–H groups in total. The summed E-state index contributed by atoms with van der Waals surface area (Å²) in [6.45, 7) is 8.70. The summed E-state index contributed by atoms with van der Waals surface area (Å²) in [7, 11) is 0. The Balaban J connectivity index is 2.66. The molecule has 0 spiro atoms. The Kier molecular flexibility index (Phi) is 6.21. The lowest BCUT2D eigenvalue weighted by molar-refractivity contribution is -0.134. The van der Waals surface area contributed by atoms with Crippen molar-refractivity contribution < 1.29 is 14.7 Å². The van der Waals surface area contributed by atoms with E-state index in [1.165, 1.54) is 6.07 Å². The average Bonchev–Trinajstić information content (AvgIpc) is 2.44. The Morgan fingerprint density at radius 1 is 1.29 bits per heavy atom. The molecule has 2 amide bonds. The van der Waals surface area contributed by atoms with Gasteiger partial charge in [0.15, 0.2) is 0 Å². The third-order valence-electron chi connectivity index (χ3n) is 3.45. The fraction of sp³-hybridized carbons (Fsp3) is 0.500. The van der Waals surface area contributed by atoms with E-state index in [9.17, 15) is 14.7 Å². The molecule has 1 aromatic rings. The Morgan fingerprint density at radius 3 is 2.48 bits per heavy atom. The zero-order valence-electron chi connectivity index (χ0n) is 13.1. The van der Waals surface area contributed by atoms with Gasteiger partial charge < -0.3 is 15.3 Å². The lowest BCUT2D eigenvalue weighted by Gasteiger charge is -2.20. The van der Waals surface area contributed by atoms with E-state index < -0.39 is 5.92 Å².